The lowest BCUT2D eigenvalue weighted by Gasteiger charge is -2.10. The number of aromatic nitrogens is 3. The number of fused-ring (bicyclic) bond motifs is 1. The SMILES string of the molecule is CN(C)CCCCOc1cccc(-n2nc(-c3ccccc3)c3cccnc32)c1.O.O=C(O)C=CC(=O)O. The highest BCUT2D eigenvalue weighted by Crippen LogP contribution is 2.29. The third-order valence-corrected chi connectivity index (χ3v) is 5.19. The topological polar surface area (TPSA) is 149 Å². The molecule has 0 radical (unpaired) electrons. The van der Waals surface area contributed by atoms with Gasteiger partial charge < -0.3 is 25.3 Å². The average molecular weight is 521 g/mol. The van der Waals surface area contributed by atoms with Gasteiger partial charge in [-0.1, -0.05) is 36.4 Å². The summed E-state index contributed by atoms with van der Waals surface area (Å²) < 4.78 is 7.87. The molecular weight excluding hydrogens is 488 g/mol. The second-order valence-electron chi connectivity index (χ2n) is 8.37. The Kier molecular flexibility index (Phi) is 11.6. The zero-order valence-corrected chi connectivity index (χ0v) is 21.3. The number of benzene rings is 2. The van der Waals surface area contributed by atoms with Crippen molar-refractivity contribution < 1.29 is 30.0 Å². The van der Waals surface area contributed by atoms with Crippen LogP contribution >= 0.6 is 0 Å². The van der Waals surface area contributed by atoms with Gasteiger partial charge in [-0.15, -0.1) is 0 Å². The molecule has 10 nitrogen and oxygen atoms in total. The Hall–Kier alpha value is -4.54. The van der Waals surface area contributed by atoms with Crippen molar-refractivity contribution in [2.75, 3.05) is 27.2 Å². The molecule has 2 aromatic carbocycles. The molecule has 38 heavy (non-hydrogen) atoms. The van der Waals surface area contributed by atoms with Gasteiger partial charge in [-0.05, 0) is 57.7 Å². The summed E-state index contributed by atoms with van der Waals surface area (Å²) in [7, 11) is 4.19. The maximum absolute atomic E-state index is 9.55. The first kappa shape index (κ1) is 29.7. The Bertz CT molecular complexity index is 1340. The number of carboxylic acid groups (broad SMARTS) is 2. The highest BCUT2D eigenvalue weighted by atomic mass is 16.5. The Morgan fingerprint density at radius 1 is 0.947 bits per heavy atom. The van der Waals surface area contributed by atoms with E-state index >= 15 is 0 Å². The summed E-state index contributed by atoms with van der Waals surface area (Å²) in [5, 5.41) is 21.6. The molecule has 2 heterocycles. The monoisotopic (exact) mass is 520 g/mol. The van der Waals surface area contributed by atoms with Gasteiger partial charge in [0.25, 0.3) is 0 Å². The number of unbranched alkanes of at least 4 members (excludes halogenated alkanes) is 1. The Balaban J connectivity index is 0.000000493. The third kappa shape index (κ3) is 8.84. The number of hydrogen-bond donors (Lipinski definition) is 2. The van der Waals surface area contributed by atoms with Crippen LogP contribution in [0.15, 0.2) is 85.1 Å². The fourth-order valence-corrected chi connectivity index (χ4v) is 3.51. The minimum atomic E-state index is -1.26. The van der Waals surface area contributed by atoms with Gasteiger partial charge in [-0.25, -0.2) is 19.3 Å². The quantitative estimate of drug-likeness (QED) is 0.237. The van der Waals surface area contributed by atoms with E-state index in [2.05, 4.69) is 42.2 Å². The molecule has 0 saturated heterocycles. The van der Waals surface area contributed by atoms with Crippen molar-refractivity contribution in [1.29, 1.82) is 0 Å². The average Bonchev–Trinajstić information content (AvgIpc) is 3.28. The zero-order valence-electron chi connectivity index (χ0n) is 21.3. The van der Waals surface area contributed by atoms with Crippen molar-refractivity contribution in [3.05, 3.63) is 85.1 Å². The van der Waals surface area contributed by atoms with Gasteiger partial charge in [-0.3, -0.25) is 0 Å². The van der Waals surface area contributed by atoms with E-state index < -0.39 is 11.9 Å². The third-order valence-electron chi connectivity index (χ3n) is 5.19. The van der Waals surface area contributed by atoms with Crippen molar-refractivity contribution in [1.82, 2.24) is 19.7 Å². The molecule has 0 bridgehead atoms. The molecule has 200 valence electrons. The zero-order chi connectivity index (χ0) is 26.6. The van der Waals surface area contributed by atoms with Crippen LogP contribution < -0.4 is 4.74 Å². The van der Waals surface area contributed by atoms with E-state index in [0.29, 0.717) is 18.8 Å². The predicted octanol–water partition coefficient (Wildman–Crippen LogP) is 3.70. The number of aliphatic carboxylic acids is 2. The van der Waals surface area contributed by atoms with Crippen LogP contribution in [0.5, 0.6) is 5.75 Å². The minimum Gasteiger partial charge on any atom is -0.494 e. The summed E-state index contributed by atoms with van der Waals surface area (Å²) in [6, 6.07) is 22.3. The van der Waals surface area contributed by atoms with Crippen LogP contribution in [-0.2, 0) is 9.59 Å². The number of hydrogen-bond acceptors (Lipinski definition) is 6. The van der Waals surface area contributed by atoms with Gasteiger partial charge in [0, 0.05) is 35.4 Å². The minimum absolute atomic E-state index is 0. The molecule has 0 fully saturated rings. The molecule has 0 aliphatic carbocycles. The summed E-state index contributed by atoms with van der Waals surface area (Å²) in [5.74, 6) is -1.66. The second kappa shape index (κ2) is 14.9. The molecule has 0 amide bonds. The number of carbonyl (C=O) groups is 2. The van der Waals surface area contributed by atoms with Gasteiger partial charge in [-0.2, -0.15) is 5.10 Å². The molecule has 0 saturated carbocycles. The lowest BCUT2D eigenvalue weighted by Crippen LogP contribution is -2.13. The van der Waals surface area contributed by atoms with E-state index in [1.165, 1.54) is 0 Å². The van der Waals surface area contributed by atoms with Gasteiger partial charge in [0.2, 0.25) is 0 Å². The predicted molar refractivity (Wildman–Crippen MR) is 146 cm³/mol. The Morgan fingerprint density at radius 3 is 2.32 bits per heavy atom. The number of rotatable bonds is 10. The summed E-state index contributed by atoms with van der Waals surface area (Å²) in [6.45, 7) is 1.79. The van der Waals surface area contributed by atoms with Gasteiger partial charge in [0.15, 0.2) is 5.65 Å². The fraction of sp³-hybridized carbons (Fsp3) is 0.214. The smallest absolute Gasteiger partial charge is 0.328 e. The Labute approximate surface area is 220 Å². The van der Waals surface area contributed by atoms with Crippen LogP contribution in [0.3, 0.4) is 0 Å². The van der Waals surface area contributed by atoms with E-state index in [9.17, 15) is 9.59 Å². The second-order valence-corrected chi connectivity index (χ2v) is 8.37. The van der Waals surface area contributed by atoms with Crippen molar-refractivity contribution in [2.24, 2.45) is 0 Å². The van der Waals surface area contributed by atoms with E-state index in [1.807, 2.05) is 53.2 Å². The lowest BCUT2D eigenvalue weighted by molar-refractivity contribution is -0.134. The first-order chi connectivity index (χ1) is 17.8. The highest BCUT2D eigenvalue weighted by Gasteiger charge is 2.14. The van der Waals surface area contributed by atoms with E-state index in [1.54, 1.807) is 6.20 Å². The van der Waals surface area contributed by atoms with Gasteiger partial charge in [0.05, 0.1) is 12.3 Å². The maximum Gasteiger partial charge on any atom is 0.328 e. The number of nitrogens with zero attached hydrogens (tertiary/aromatic N) is 4. The van der Waals surface area contributed by atoms with Crippen molar-refractivity contribution in [2.45, 2.75) is 12.8 Å². The molecule has 0 spiro atoms. The summed E-state index contributed by atoms with van der Waals surface area (Å²) >= 11 is 0. The normalized spacial score (nSPS) is 10.6. The number of carboxylic acids is 2. The summed E-state index contributed by atoms with van der Waals surface area (Å²) in [5.41, 5.74) is 3.80. The molecule has 4 N–H and O–H groups in total. The van der Waals surface area contributed by atoms with Crippen LogP contribution in [-0.4, -0.2) is 74.5 Å². The standard InChI is InChI=1S/C24H26N4O.C4H4O4.H2O/c1-27(2)16-6-7-17-29-21-13-8-12-20(18-21)28-24-22(14-9-15-25-24)23(26-28)19-10-4-3-5-11-19;5-3(6)1-2-4(7)8;/h3-5,8-15,18H,6-7,16-17H2,1-2H3;1-2H,(H,5,6)(H,7,8);1H2. The Morgan fingerprint density at radius 2 is 1.66 bits per heavy atom. The molecule has 10 heteroatoms. The number of pyridine rings is 1. The van der Waals surface area contributed by atoms with E-state index in [4.69, 9.17) is 20.0 Å². The molecule has 0 aliphatic heterocycles. The largest absolute Gasteiger partial charge is 0.494 e. The van der Waals surface area contributed by atoms with Crippen molar-refractivity contribution >= 4 is 23.0 Å². The van der Waals surface area contributed by atoms with Crippen molar-refractivity contribution in [3.8, 4) is 22.7 Å². The van der Waals surface area contributed by atoms with Crippen LogP contribution in [0.4, 0.5) is 0 Å². The molecule has 0 atom stereocenters. The summed E-state index contributed by atoms with van der Waals surface area (Å²) in [4.78, 5) is 25.9. The van der Waals surface area contributed by atoms with Crippen LogP contribution in [0.1, 0.15) is 12.8 Å². The highest BCUT2D eigenvalue weighted by molar-refractivity contribution is 5.92. The molecule has 4 aromatic rings. The fourth-order valence-electron chi connectivity index (χ4n) is 3.51. The first-order valence-corrected chi connectivity index (χ1v) is 11.8. The molecular formula is C28H32N4O6. The van der Waals surface area contributed by atoms with E-state index in [0.717, 1.165) is 53.1 Å². The first-order valence-electron chi connectivity index (χ1n) is 11.8. The maximum atomic E-state index is 9.55. The van der Waals surface area contributed by atoms with Crippen molar-refractivity contribution in [3.63, 3.8) is 0 Å². The van der Waals surface area contributed by atoms with Crippen LogP contribution in [0.25, 0.3) is 28.0 Å². The lowest BCUT2D eigenvalue weighted by atomic mass is 10.1. The van der Waals surface area contributed by atoms with Gasteiger partial charge in [0.1, 0.15) is 11.4 Å². The number of ether oxygens (including phenoxy) is 1. The van der Waals surface area contributed by atoms with Crippen LogP contribution in [0.2, 0.25) is 0 Å². The molecule has 0 unspecified atom stereocenters. The molecule has 4 rings (SSSR count). The van der Waals surface area contributed by atoms with Gasteiger partial charge >= 0.3 is 11.9 Å². The summed E-state index contributed by atoms with van der Waals surface area (Å²) in [6.07, 6.45) is 5.08. The molecule has 2 aromatic heterocycles. The molecule has 0 aliphatic rings. The van der Waals surface area contributed by atoms with E-state index in [-0.39, 0.29) is 5.48 Å². The van der Waals surface area contributed by atoms with Crippen LogP contribution in [0, 0.1) is 0 Å².